The highest BCUT2D eigenvalue weighted by atomic mass is 32.2. The monoisotopic (exact) mass is 154 g/mol. The van der Waals surface area contributed by atoms with Crippen LogP contribution in [-0.4, -0.2) is 16.8 Å². The molecule has 0 heterocycles. The van der Waals surface area contributed by atoms with Gasteiger partial charge in [-0.05, 0) is 0 Å². The fraction of sp³-hybridized carbons (Fsp3) is 0.750. The zero-order valence-corrected chi connectivity index (χ0v) is 5.77. The van der Waals surface area contributed by atoms with E-state index in [-0.39, 0.29) is 5.17 Å². The van der Waals surface area contributed by atoms with Gasteiger partial charge >= 0.3 is 0 Å². The number of alkyl halides is 2. The fourth-order valence-electron chi connectivity index (χ4n) is 0.204. The van der Waals surface area contributed by atoms with E-state index in [4.69, 9.17) is 11.1 Å². The van der Waals surface area contributed by atoms with E-state index in [1.54, 1.807) is 0 Å². The largest absolute Gasteiger partial charge is 0.379 e. The smallest absolute Gasteiger partial charge is 0.254 e. The second-order valence-corrected chi connectivity index (χ2v) is 2.74. The minimum absolute atomic E-state index is 0.267. The van der Waals surface area contributed by atoms with E-state index in [2.05, 4.69) is 0 Å². The Kier molecular flexibility index (Phi) is 2.90. The normalized spacial score (nSPS) is 11.4. The Labute approximate surface area is 56.3 Å². The summed E-state index contributed by atoms with van der Waals surface area (Å²) in [4.78, 5) is 0. The molecule has 0 rings (SSSR count). The summed E-state index contributed by atoms with van der Waals surface area (Å²) in [5.41, 5.74) is 4.81. The zero-order chi connectivity index (χ0) is 7.49. The Morgan fingerprint density at radius 2 is 2.22 bits per heavy atom. The van der Waals surface area contributed by atoms with Gasteiger partial charge in [0.25, 0.3) is 5.92 Å². The highest BCUT2D eigenvalue weighted by Gasteiger charge is 2.20. The Morgan fingerprint density at radius 3 is 2.33 bits per heavy atom. The lowest BCUT2D eigenvalue weighted by Gasteiger charge is -2.06. The SMILES string of the molecule is CC(F)(F)CSC(=N)N. The Hall–Kier alpha value is -0.320. The summed E-state index contributed by atoms with van der Waals surface area (Å²) in [6.45, 7) is 0.795. The van der Waals surface area contributed by atoms with Crippen LogP contribution >= 0.6 is 11.8 Å². The van der Waals surface area contributed by atoms with E-state index >= 15 is 0 Å². The average Bonchev–Trinajstić information content (AvgIpc) is 1.59. The number of nitrogens with two attached hydrogens (primary N) is 1. The molecule has 9 heavy (non-hydrogen) atoms. The van der Waals surface area contributed by atoms with Crippen molar-refractivity contribution in [1.29, 1.82) is 5.41 Å². The first kappa shape index (κ1) is 8.68. The van der Waals surface area contributed by atoms with Crippen LogP contribution in [0.3, 0.4) is 0 Å². The summed E-state index contributed by atoms with van der Waals surface area (Å²) in [7, 11) is 0. The van der Waals surface area contributed by atoms with Crippen LogP contribution in [0.1, 0.15) is 6.92 Å². The van der Waals surface area contributed by atoms with E-state index < -0.39 is 11.7 Å². The van der Waals surface area contributed by atoms with Crippen LogP contribution in [0.15, 0.2) is 0 Å². The lowest BCUT2D eigenvalue weighted by Crippen LogP contribution is -2.17. The molecule has 0 spiro atoms. The van der Waals surface area contributed by atoms with Crippen molar-refractivity contribution in [3.05, 3.63) is 0 Å². The molecule has 3 N–H and O–H groups in total. The van der Waals surface area contributed by atoms with Crippen molar-refractivity contribution < 1.29 is 8.78 Å². The van der Waals surface area contributed by atoms with Gasteiger partial charge in [0.15, 0.2) is 5.17 Å². The molecular weight excluding hydrogens is 146 g/mol. The third-order valence-electron chi connectivity index (χ3n) is 0.481. The zero-order valence-electron chi connectivity index (χ0n) is 4.95. The van der Waals surface area contributed by atoms with Crippen LogP contribution in [0.4, 0.5) is 8.78 Å². The van der Waals surface area contributed by atoms with E-state index in [0.29, 0.717) is 11.8 Å². The minimum atomic E-state index is -2.73. The summed E-state index contributed by atoms with van der Waals surface area (Å²) in [6.07, 6.45) is 0. The van der Waals surface area contributed by atoms with Gasteiger partial charge < -0.3 is 5.73 Å². The number of halogens is 2. The van der Waals surface area contributed by atoms with Crippen molar-refractivity contribution in [3.63, 3.8) is 0 Å². The molecule has 0 radical (unpaired) electrons. The first-order chi connectivity index (χ1) is 3.92. The molecule has 0 unspecified atom stereocenters. The minimum Gasteiger partial charge on any atom is -0.379 e. The molecule has 0 aromatic heterocycles. The molecule has 0 fully saturated rings. The topological polar surface area (TPSA) is 49.9 Å². The first-order valence-electron chi connectivity index (χ1n) is 2.26. The molecule has 0 saturated heterocycles. The highest BCUT2D eigenvalue weighted by molar-refractivity contribution is 8.13. The van der Waals surface area contributed by atoms with Crippen molar-refractivity contribution in [2.45, 2.75) is 12.8 Å². The summed E-state index contributed by atoms with van der Waals surface area (Å²) >= 11 is 0.649. The molecule has 0 aliphatic heterocycles. The Morgan fingerprint density at radius 1 is 1.78 bits per heavy atom. The van der Waals surface area contributed by atoms with Gasteiger partial charge in [-0.25, -0.2) is 8.78 Å². The maximum Gasteiger partial charge on any atom is 0.254 e. The van der Waals surface area contributed by atoms with Crippen LogP contribution in [0.2, 0.25) is 0 Å². The number of amidine groups is 1. The van der Waals surface area contributed by atoms with Crippen molar-refractivity contribution in [3.8, 4) is 0 Å². The summed E-state index contributed by atoms with van der Waals surface area (Å²) in [5.74, 6) is -3.14. The van der Waals surface area contributed by atoms with Gasteiger partial charge in [-0.2, -0.15) is 0 Å². The van der Waals surface area contributed by atoms with Gasteiger partial charge in [0, 0.05) is 6.92 Å². The molecular formula is C4H8F2N2S. The molecule has 0 bridgehead atoms. The van der Waals surface area contributed by atoms with Gasteiger partial charge in [-0.1, -0.05) is 11.8 Å². The second-order valence-electron chi connectivity index (χ2n) is 1.72. The lowest BCUT2D eigenvalue weighted by molar-refractivity contribution is 0.0494. The van der Waals surface area contributed by atoms with Gasteiger partial charge in [0.05, 0.1) is 5.75 Å². The third kappa shape index (κ3) is 7.68. The molecule has 0 amide bonds. The number of hydrogen-bond acceptors (Lipinski definition) is 2. The number of hydrogen-bond donors (Lipinski definition) is 2. The Bertz CT molecular complexity index is 110. The van der Waals surface area contributed by atoms with E-state index in [1.807, 2.05) is 0 Å². The van der Waals surface area contributed by atoms with Crippen LogP contribution in [0, 0.1) is 5.41 Å². The molecule has 0 atom stereocenters. The molecule has 0 saturated carbocycles. The lowest BCUT2D eigenvalue weighted by atomic mass is 10.5. The highest BCUT2D eigenvalue weighted by Crippen LogP contribution is 2.17. The molecule has 0 aromatic rings. The van der Waals surface area contributed by atoms with Crippen molar-refractivity contribution in [1.82, 2.24) is 0 Å². The van der Waals surface area contributed by atoms with E-state index in [9.17, 15) is 8.78 Å². The van der Waals surface area contributed by atoms with Gasteiger partial charge in [0.1, 0.15) is 0 Å². The van der Waals surface area contributed by atoms with Crippen LogP contribution in [0.25, 0.3) is 0 Å². The molecule has 2 nitrogen and oxygen atoms in total. The summed E-state index contributed by atoms with van der Waals surface area (Å²) in [6, 6.07) is 0. The summed E-state index contributed by atoms with van der Waals surface area (Å²) < 4.78 is 23.8. The van der Waals surface area contributed by atoms with Gasteiger partial charge in [-0.3, -0.25) is 5.41 Å². The molecule has 0 aromatic carbocycles. The quantitative estimate of drug-likeness (QED) is 0.465. The summed E-state index contributed by atoms with van der Waals surface area (Å²) in [5, 5.41) is 6.31. The van der Waals surface area contributed by atoms with Gasteiger partial charge in [0.2, 0.25) is 0 Å². The molecule has 54 valence electrons. The van der Waals surface area contributed by atoms with E-state index in [0.717, 1.165) is 6.92 Å². The predicted molar refractivity (Wildman–Crippen MR) is 35.0 cm³/mol. The van der Waals surface area contributed by atoms with E-state index in [1.165, 1.54) is 0 Å². The number of nitrogens with one attached hydrogen (secondary N) is 1. The Balaban J connectivity index is 3.39. The molecule has 5 heteroatoms. The standard InChI is InChI=1S/C4H8F2N2S/c1-4(5,6)2-9-3(7)8/h2H2,1H3,(H3,7,8). The van der Waals surface area contributed by atoms with Crippen molar-refractivity contribution >= 4 is 16.9 Å². The maximum absolute atomic E-state index is 11.9. The molecule has 0 aliphatic rings. The number of rotatable bonds is 2. The van der Waals surface area contributed by atoms with Crippen molar-refractivity contribution in [2.24, 2.45) is 5.73 Å². The predicted octanol–water partition coefficient (Wildman–Crippen LogP) is 1.27. The maximum atomic E-state index is 11.9. The first-order valence-corrected chi connectivity index (χ1v) is 3.25. The van der Waals surface area contributed by atoms with Crippen molar-refractivity contribution in [2.75, 3.05) is 5.75 Å². The van der Waals surface area contributed by atoms with Crippen LogP contribution in [-0.2, 0) is 0 Å². The van der Waals surface area contributed by atoms with Crippen LogP contribution in [0.5, 0.6) is 0 Å². The number of thioether (sulfide) groups is 1. The third-order valence-corrected chi connectivity index (χ3v) is 1.44. The van der Waals surface area contributed by atoms with Crippen LogP contribution < -0.4 is 5.73 Å². The second kappa shape index (κ2) is 3.00. The molecule has 0 aliphatic carbocycles. The van der Waals surface area contributed by atoms with Gasteiger partial charge in [-0.15, -0.1) is 0 Å². The fourth-order valence-corrected chi connectivity index (χ4v) is 0.613. The average molecular weight is 154 g/mol.